The van der Waals surface area contributed by atoms with E-state index in [9.17, 15) is 22.9 Å². The third-order valence-electron chi connectivity index (χ3n) is 2.93. The number of hydrogen-bond donors (Lipinski definition) is 0. The molecular formula is C15H9FN2O4S. The summed E-state index contributed by atoms with van der Waals surface area (Å²) >= 11 is 0. The third kappa shape index (κ3) is 3.59. The predicted molar refractivity (Wildman–Crippen MR) is 80.3 cm³/mol. The van der Waals surface area contributed by atoms with Crippen LogP contribution >= 0.6 is 0 Å². The lowest BCUT2D eigenvalue weighted by molar-refractivity contribution is -0.384. The number of non-ortho nitro benzene ring substituents is 1. The lowest BCUT2D eigenvalue weighted by Gasteiger charge is -2.03. The zero-order chi connectivity index (χ0) is 17.0. The molecule has 0 aliphatic heterocycles. The van der Waals surface area contributed by atoms with Gasteiger partial charge in [0.25, 0.3) is 5.69 Å². The highest BCUT2D eigenvalue weighted by atomic mass is 32.2. The van der Waals surface area contributed by atoms with E-state index in [1.165, 1.54) is 24.3 Å². The number of allylic oxidation sites excluding steroid dienone is 1. The highest BCUT2D eigenvalue weighted by Gasteiger charge is 2.20. The van der Waals surface area contributed by atoms with Gasteiger partial charge < -0.3 is 0 Å². The molecule has 23 heavy (non-hydrogen) atoms. The Hall–Kier alpha value is -3.05. The molecule has 0 bridgehead atoms. The molecule has 2 aromatic rings. The molecule has 0 aliphatic carbocycles. The van der Waals surface area contributed by atoms with Gasteiger partial charge >= 0.3 is 0 Å². The maximum atomic E-state index is 12.9. The molecular weight excluding hydrogens is 323 g/mol. The number of halogens is 1. The van der Waals surface area contributed by atoms with Gasteiger partial charge in [-0.3, -0.25) is 10.1 Å². The summed E-state index contributed by atoms with van der Waals surface area (Å²) in [6.45, 7) is 0. The van der Waals surface area contributed by atoms with Crippen LogP contribution < -0.4 is 0 Å². The van der Waals surface area contributed by atoms with Crippen LogP contribution in [0.25, 0.3) is 6.08 Å². The molecule has 0 atom stereocenters. The summed E-state index contributed by atoms with van der Waals surface area (Å²) in [5.74, 6) is -0.596. The van der Waals surface area contributed by atoms with E-state index < -0.39 is 25.5 Å². The van der Waals surface area contributed by atoms with Gasteiger partial charge in [-0.1, -0.05) is 0 Å². The number of nitro benzene ring substituents is 1. The van der Waals surface area contributed by atoms with Crippen LogP contribution in [0.2, 0.25) is 0 Å². The minimum Gasteiger partial charge on any atom is -0.258 e. The van der Waals surface area contributed by atoms with Crippen molar-refractivity contribution in [2.24, 2.45) is 0 Å². The first-order chi connectivity index (χ1) is 10.8. The van der Waals surface area contributed by atoms with Crippen LogP contribution in [0.15, 0.2) is 58.3 Å². The standard InChI is InChI=1S/C15H9FN2O4S/c16-12-3-7-14(8-4-12)23(21,22)15(10-17)9-11-1-5-13(6-2-11)18(19)20/h1-9H/b15-9+. The van der Waals surface area contributed by atoms with Crippen molar-refractivity contribution in [1.82, 2.24) is 0 Å². The van der Waals surface area contributed by atoms with Gasteiger partial charge in [0.15, 0.2) is 0 Å². The van der Waals surface area contributed by atoms with Crippen LogP contribution in [0.3, 0.4) is 0 Å². The van der Waals surface area contributed by atoms with Crippen molar-refractivity contribution in [2.45, 2.75) is 4.90 Å². The van der Waals surface area contributed by atoms with Crippen molar-refractivity contribution in [2.75, 3.05) is 0 Å². The zero-order valence-corrected chi connectivity index (χ0v) is 12.3. The Labute approximate surface area is 131 Å². The Bertz CT molecular complexity index is 911. The monoisotopic (exact) mass is 332 g/mol. The van der Waals surface area contributed by atoms with Crippen LogP contribution in [0.4, 0.5) is 10.1 Å². The van der Waals surface area contributed by atoms with Crippen molar-refractivity contribution in [3.8, 4) is 6.07 Å². The minimum absolute atomic E-state index is 0.151. The van der Waals surface area contributed by atoms with Crippen LogP contribution in [0, 0.1) is 27.3 Å². The SMILES string of the molecule is N#C/C(=C\c1ccc([N+](=O)[O-])cc1)S(=O)(=O)c1ccc(F)cc1. The predicted octanol–water partition coefficient (Wildman–Crippen LogP) is 3.07. The van der Waals surface area contributed by atoms with E-state index in [2.05, 4.69) is 0 Å². The van der Waals surface area contributed by atoms with E-state index in [0.717, 1.165) is 30.3 Å². The van der Waals surface area contributed by atoms with Crippen molar-refractivity contribution < 1.29 is 17.7 Å². The molecule has 0 amide bonds. The molecule has 0 spiro atoms. The van der Waals surface area contributed by atoms with Crippen molar-refractivity contribution in [1.29, 1.82) is 5.26 Å². The molecule has 0 aliphatic rings. The van der Waals surface area contributed by atoms with Gasteiger partial charge in [-0.15, -0.1) is 0 Å². The molecule has 2 rings (SSSR count). The summed E-state index contributed by atoms with van der Waals surface area (Å²) in [4.78, 5) is 9.23. The van der Waals surface area contributed by atoms with Crippen LogP contribution in [-0.4, -0.2) is 13.3 Å². The second-order valence-electron chi connectivity index (χ2n) is 4.43. The van der Waals surface area contributed by atoms with Gasteiger partial charge in [0, 0.05) is 12.1 Å². The fourth-order valence-electron chi connectivity index (χ4n) is 1.75. The average molecular weight is 332 g/mol. The fraction of sp³-hybridized carbons (Fsp3) is 0. The zero-order valence-electron chi connectivity index (χ0n) is 11.5. The van der Waals surface area contributed by atoms with Crippen LogP contribution in [0.5, 0.6) is 0 Å². The summed E-state index contributed by atoms with van der Waals surface area (Å²) in [6, 6.07) is 10.7. The Morgan fingerprint density at radius 1 is 1.13 bits per heavy atom. The topological polar surface area (TPSA) is 101 Å². The second-order valence-corrected chi connectivity index (χ2v) is 6.34. The van der Waals surface area contributed by atoms with Gasteiger partial charge in [0.05, 0.1) is 9.82 Å². The smallest absolute Gasteiger partial charge is 0.258 e. The van der Waals surface area contributed by atoms with Crippen molar-refractivity contribution in [3.63, 3.8) is 0 Å². The fourth-order valence-corrected chi connectivity index (χ4v) is 2.91. The highest BCUT2D eigenvalue weighted by molar-refractivity contribution is 7.95. The lowest BCUT2D eigenvalue weighted by atomic mass is 10.2. The third-order valence-corrected chi connectivity index (χ3v) is 4.61. The molecule has 0 saturated carbocycles. The number of rotatable bonds is 4. The summed E-state index contributed by atoms with van der Waals surface area (Å²) in [5.41, 5.74) is 0.167. The van der Waals surface area contributed by atoms with Gasteiger partial charge in [-0.05, 0) is 48.0 Å². The number of benzene rings is 2. The number of nitriles is 1. The Balaban J connectivity index is 2.44. The molecule has 116 valence electrons. The summed E-state index contributed by atoms with van der Waals surface area (Å²) in [6.07, 6.45) is 1.10. The molecule has 0 unspecified atom stereocenters. The number of nitrogens with zero attached hydrogens (tertiary/aromatic N) is 2. The number of nitro groups is 1. The largest absolute Gasteiger partial charge is 0.269 e. The number of sulfone groups is 1. The molecule has 0 radical (unpaired) electrons. The Morgan fingerprint density at radius 3 is 2.17 bits per heavy atom. The van der Waals surface area contributed by atoms with Gasteiger partial charge in [0.2, 0.25) is 9.84 Å². The molecule has 0 aromatic heterocycles. The van der Waals surface area contributed by atoms with E-state index in [4.69, 9.17) is 5.26 Å². The van der Waals surface area contributed by atoms with Gasteiger partial charge in [-0.25, -0.2) is 12.8 Å². The molecule has 2 aromatic carbocycles. The van der Waals surface area contributed by atoms with Gasteiger partial charge in [-0.2, -0.15) is 5.26 Å². The summed E-state index contributed by atoms with van der Waals surface area (Å²) < 4.78 is 37.5. The van der Waals surface area contributed by atoms with Crippen LogP contribution in [-0.2, 0) is 9.84 Å². The normalized spacial score (nSPS) is 11.7. The maximum absolute atomic E-state index is 12.9. The highest BCUT2D eigenvalue weighted by Crippen LogP contribution is 2.22. The van der Waals surface area contributed by atoms with Crippen LogP contribution in [0.1, 0.15) is 5.56 Å². The minimum atomic E-state index is -4.09. The molecule has 8 heteroatoms. The molecule has 0 fully saturated rings. The average Bonchev–Trinajstić information content (AvgIpc) is 2.53. The maximum Gasteiger partial charge on any atom is 0.269 e. The van der Waals surface area contributed by atoms with E-state index in [1.807, 2.05) is 0 Å². The van der Waals surface area contributed by atoms with Crippen molar-refractivity contribution in [3.05, 3.63) is 74.9 Å². The molecule has 0 N–H and O–H groups in total. The first-order valence-corrected chi connectivity index (χ1v) is 7.70. The molecule has 0 heterocycles. The summed E-state index contributed by atoms with van der Waals surface area (Å²) in [5, 5.41) is 19.7. The van der Waals surface area contributed by atoms with Gasteiger partial charge in [0.1, 0.15) is 16.8 Å². The molecule has 6 nitrogen and oxygen atoms in total. The van der Waals surface area contributed by atoms with Crippen molar-refractivity contribution >= 4 is 21.6 Å². The summed E-state index contributed by atoms with van der Waals surface area (Å²) in [7, 11) is -4.09. The number of hydrogen-bond acceptors (Lipinski definition) is 5. The Morgan fingerprint density at radius 2 is 1.70 bits per heavy atom. The Kier molecular flexibility index (Phi) is 4.52. The van der Waals surface area contributed by atoms with E-state index in [1.54, 1.807) is 6.07 Å². The quantitative estimate of drug-likeness (QED) is 0.370. The van der Waals surface area contributed by atoms with E-state index in [0.29, 0.717) is 5.56 Å². The first-order valence-electron chi connectivity index (χ1n) is 6.21. The van der Waals surface area contributed by atoms with E-state index >= 15 is 0 Å². The molecule has 0 saturated heterocycles. The van der Waals surface area contributed by atoms with E-state index in [-0.39, 0.29) is 10.6 Å². The lowest BCUT2D eigenvalue weighted by Crippen LogP contribution is -2.03. The second kappa shape index (κ2) is 6.37. The first kappa shape index (κ1) is 16.3.